The van der Waals surface area contributed by atoms with E-state index in [9.17, 15) is 0 Å². The Hall–Kier alpha value is -1.80. The van der Waals surface area contributed by atoms with Crippen molar-refractivity contribution in [1.29, 1.82) is 0 Å². The standard InChI is InChI=1S/C14H13NO/c1-15-14-9-7-12-11-5-3-2-4-10(11)6-8-13(12)16-14/h2-9,14-15H,1H3. The summed E-state index contributed by atoms with van der Waals surface area (Å²) in [4.78, 5) is 0. The number of hydrogen-bond donors (Lipinski definition) is 1. The van der Waals surface area contributed by atoms with Crippen LogP contribution in [-0.2, 0) is 0 Å². The smallest absolute Gasteiger partial charge is 0.169 e. The van der Waals surface area contributed by atoms with E-state index < -0.39 is 0 Å². The third-order valence-corrected chi connectivity index (χ3v) is 2.91. The molecule has 0 spiro atoms. The van der Waals surface area contributed by atoms with E-state index in [1.165, 1.54) is 16.3 Å². The summed E-state index contributed by atoms with van der Waals surface area (Å²) in [5.74, 6) is 0.945. The molecule has 0 aromatic heterocycles. The Morgan fingerprint density at radius 1 is 1.12 bits per heavy atom. The summed E-state index contributed by atoms with van der Waals surface area (Å²) in [5, 5.41) is 5.57. The molecule has 0 bridgehead atoms. The van der Waals surface area contributed by atoms with Gasteiger partial charge in [-0.05, 0) is 36.0 Å². The van der Waals surface area contributed by atoms with Crippen molar-refractivity contribution in [3.63, 3.8) is 0 Å². The van der Waals surface area contributed by atoms with Gasteiger partial charge in [-0.3, -0.25) is 5.32 Å². The van der Waals surface area contributed by atoms with Gasteiger partial charge in [-0.25, -0.2) is 0 Å². The van der Waals surface area contributed by atoms with E-state index in [0.717, 1.165) is 5.75 Å². The topological polar surface area (TPSA) is 21.3 Å². The maximum Gasteiger partial charge on any atom is 0.169 e. The lowest BCUT2D eigenvalue weighted by Crippen LogP contribution is -2.30. The third kappa shape index (κ3) is 1.39. The quantitative estimate of drug-likeness (QED) is 0.783. The highest BCUT2D eigenvalue weighted by Gasteiger charge is 2.14. The molecule has 0 radical (unpaired) electrons. The van der Waals surface area contributed by atoms with Crippen molar-refractivity contribution in [2.45, 2.75) is 6.23 Å². The number of fused-ring (bicyclic) bond motifs is 3. The van der Waals surface area contributed by atoms with E-state index in [2.05, 4.69) is 41.7 Å². The van der Waals surface area contributed by atoms with Crippen LogP contribution in [0.15, 0.2) is 42.5 Å². The first-order valence-electron chi connectivity index (χ1n) is 5.42. The van der Waals surface area contributed by atoms with Crippen molar-refractivity contribution in [2.75, 3.05) is 7.05 Å². The maximum absolute atomic E-state index is 5.79. The Kier molecular flexibility index (Phi) is 2.15. The van der Waals surface area contributed by atoms with Crippen LogP contribution in [0.2, 0.25) is 0 Å². The first-order chi connectivity index (χ1) is 7.88. The van der Waals surface area contributed by atoms with Gasteiger partial charge in [0.05, 0.1) is 0 Å². The van der Waals surface area contributed by atoms with Gasteiger partial charge in [0.2, 0.25) is 0 Å². The van der Waals surface area contributed by atoms with Crippen molar-refractivity contribution in [1.82, 2.24) is 5.32 Å². The Bertz CT molecular complexity index is 560. The van der Waals surface area contributed by atoms with Gasteiger partial charge in [0.25, 0.3) is 0 Å². The fraction of sp³-hybridized carbons (Fsp3) is 0.143. The Labute approximate surface area is 94.5 Å². The SMILES string of the molecule is CNC1C=Cc2c(ccc3ccccc23)O1. The molecule has 0 amide bonds. The molecule has 1 aliphatic rings. The fourth-order valence-corrected chi connectivity index (χ4v) is 2.07. The highest BCUT2D eigenvalue weighted by Crippen LogP contribution is 2.32. The molecule has 16 heavy (non-hydrogen) atoms. The molecule has 3 rings (SSSR count). The molecular formula is C14H13NO. The minimum Gasteiger partial charge on any atom is -0.471 e. The zero-order valence-corrected chi connectivity index (χ0v) is 9.10. The van der Waals surface area contributed by atoms with Crippen LogP contribution in [0.4, 0.5) is 0 Å². The summed E-state index contributed by atoms with van der Waals surface area (Å²) in [5.41, 5.74) is 1.17. The summed E-state index contributed by atoms with van der Waals surface area (Å²) < 4.78 is 5.79. The van der Waals surface area contributed by atoms with Crippen LogP contribution >= 0.6 is 0 Å². The lowest BCUT2D eigenvalue weighted by Gasteiger charge is -2.21. The highest BCUT2D eigenvalue weighted by molar-refractivity contribution is 5.93. The van der Waals surface area contributed by atoms with Crippen molar-refractivity contribution >= 4 is 16.8 Å². The number of likely N-dealkylation sites (N-methyl/N-ethyl adjacent to an activating group) is 1. The van der Waals surface area contributed by atoms with E-state index in [1.807, 2.05) is 19.2 Å². The average molecular weight is 211 g/mol. The Morgan fingerprint density at radius 3 is 2.88 bits per heavy atom. The molecule has 1 heterocycles. The minimum absolute atomic E-state index is 0.0198. The van der Waals surface area contributed by atoms with Crippen LogP contribution in [0.3, 0.4) is 0 Å². The highest BCUT2D eigenvalue weighted by atomic mass is 16.5. The van der Waals surface area contributed by atoms with E-state index in [0.29, 0.717) is 0 Å². The summed E-state index contributed by atoms with van der Waals surface area (Å²) >= 11 is 0. The van der Waals surface area contributed by atoms with Crippen molar-refractivity contribution in [3.05, 3.63) is 48.0 Å². The van der Waals surface area contributed by atoms with E-state index >= 15 is 0 Å². The molecule has 80 valence electrons. The number of rotatable bonds is 1. The van der Waals surface area contributed by atoms with Gasteiger partial charge in [-0.1, -0.05) is 30.3 Å². The Balaban J connectivity index is 2.21. The molecule has 1 atom stereocenters. The number of benzene rings is 2. The molecule has 0 fully saturated rings. The van der Waals surface area contributed by atoms with Crippen LogP contribution in [0.25, 0.3) is 16.8 Å². The summed E-state index contributed by atoms with van der Waals surface area (Å²) in [6.45, 7) is 0. The molecule has 2 nitrogen and oxygen atoms in total. The Morgan fingerprint density at radius 2 is 2.00 bits per heavy atom. The molecular weight excluding hydrogens is 198 g/mol. The summed E-state index contributed by atoms with van der Waals surface area (Å²) in [7, 11) is 1.89. The van der Waals surface area contributed by atoms with Gasteiger partial charge in [0.15, 0.2) is 6.23 Å². The van der Waals surface area contributed by atoms with E-state index in [4.69, 9.17) is 4.74 Å². The molecule has 1 aliphatic heterocycles. The molecule has 1 unspecified atom stereocenters. The van der Waals surface area contributed by atoms with Crippen molar-refractivity contribution in [3.8, 4) is 5.75 Å². The van der Waals surface area contributed by atoms with Crippen LogP contribution in [-0.4, -0.2) is 13.3 Å². The van der Waals surface area contributed by atoms with Gasteiger partial charge in [-0.2, -0.15) is 0 Å². The predicted molar refractivity (Wildman–Crippen MR) is 66.5 cm³/mol. The fourth-order valence-electron chi connectivity index (χ4n) is 2.07. The van der Waals surface area contributed by atoms with Crippen molar-refractivity contribution in [2.24, 2.45) is 0 Å². The van der Waals surface area contributed by atoms with E-state index in [1.54, 1.807) is 0 Å². The summed E-state index contributed by atoms with van der Waals surface area (Å²) in [6.07, 6.45) is 4.14. The number of ether oxygens (including phenoxy) is 1. The van der Waals surface area contributed by atoms with E-state index in [-0.39, 0.29) is 6.23 Å². The lowest BCUT2D eigenvalue weighted by molar-refractivity contribution is 0.219. The number of hydrogen-bond acceptors (Lipinski definition) is 2. The normalized spacial score (nSPS) is 18.2. The third-order valence-electron chi connectivity index (χ3n) is 2.91. The first kappa shape index (κ1) is 9.43. The van der Waals surface area contributed by atoms with Crippen LogP contribution in [0.1, 0.15) is 5.56 Å². The summed E-state index contributed by atoms with van der Waals surface area (Å²) in [6, 6.07) is 12.5. The van der Waals surface area contributed by atoms with Gasteiger partial charge < -0.3 is 4.74 Å². The molecule has 2 aromatic carbocycles. The molecule has 2 aromatic rings. The van der Waals surface area contributed by atoms with Gasteiger partial charge in [0, 0.05) is 5.56 Å². The molecule has 0 saturated carbocycles. The zero-order chi connectivity index (χ0) is 11.0. The molecule has 0 saturated heterocycles. The van der Waals surface area contributed by atoms with Crippen LogP contribution < -0.4 is 10.1 Å². The predicted octanol–water partition coefficient (Wildman–Crippen LogP) is 2.79. The van der Waals surface area contributed by atoms with Crippen molar-refractivity contribution < 1.29 is 4.74 Å². The minimum atomic E-state index is -0.0198. The molecule has 2 heteroatoms. The monoisotopic (exact) mass is 211 g/mol. The second-order valence-corrected chi connectivity index (χ2v) is 3.88. The van der Waals surface area contributed by atoms with Crippen LogP contribution in [0, 0.1) is 0 Å². The average Bonchev–Trinajstić information content (AvgIpc) is 2.38. The van der Waals surface area contributed by atoms with Gasteiger partial charge >= 0.3 is 0 Å². The largest absolute Gasteiger partial charge is 0.471 e. The molecule has 0 aliphatic carbocycles. The van der Waals surface area contributed by atoms with Gasteiger partial charge in [-0.15, -0.1) is 0 Å². The zero-order valence-electron chi connectivity index (χ0n) is 9.10. The lowest BCUT2D eigenvalue weighted by atomic mass is 10.0. The second-order valence-electron chi connectivity index (χ2n) is 3.88. The van der Waals surface area contributed by atoms with Crippen LogP contribution in [0.5, 0.6) is 5.75 Å². The second kappa shape index (κ2) is 3.65. The first-order valence-corrected chi connectivity index (χ1v) is 5.42. The van der Waals surface area contributed by atoms with Gasteiger partial charge in [0.1, 0.15) is 5.75 Å². The molecule has 1 N–H and O–H groups in total. The maximum atomic E-state index is 5.79. The number of nitrogens with one attached hydrogen (secondary N) is 1.